The van der Waals surface area contributed by atoms with Crippen molar-refractivity contribution >= 4 is 11.6 Å². The molecule has 1 heterocycles. The zero-order chi connectivity index (χ0) is 14.8. The first kappa shape index (κ1) is 15.0. The van der Waals surface area contributed by atoms with Gasteiger partial charge in [0.05, 0.1) is 17.3 Å². The molecule has 20 heavy (non-hydrogen) atoms. The van der Waals surface area contributed by atoms with Crippen LogP contribution in [0.15, 0.2) is 12.4 Å². The average Bonchev–Trinajstić information content (AvgIpc) is 2.88. The van der Waals surface area contributed by atoms with E-state index in [-0.39, 0.29) is 5.91 Å². The molecule has 112 valence electrons. The van der Waals surface area contributed by atoms with Gasteiger partial charge in [-0.25, -0.2) is 0 Å². The summed E-state index contributed by atoms with van der Waals surface area (Å²) in [6.07, 6.45) is 7.50. The van der Waals surface area contributed by atoms with E-state index in [0.717, 1.165) is 31.4 Å². The van der Waals surface area contributed by atoms with Crippen molar-refractivity contribution in [2.24, 2.45) is 17.1 Å². The van der Waals surface area contributed by atoms with E-state index in [1.165, 1.54) is 0 Å². The van der Waals surface area contributed by atoms with Gasteiger partial charge in [0.15, 0.2) is 0 Å². The molecule has 5 heteroatoms. The lowest BCUT2D eigenvalue weighted by Crippen LogP contribution is -2.44. The minimum absolute atomic E-state index is 0.0511. The SMILES string of the molecule is CC1CCC(CN)(C(=O)Nc2cnn(C(C)C)c2)CC1. The van der Waals surface area contributed by atoms with Crippen molar-refractivity contribution in [2.45, 2.75) is 52.5 Å². The second kappa shape index (κ2) is 5.95. The Kier molecular flexibility index (Phi) is 4.48. The predicted molar refractivity (Wildman–Crippen MR) is 80.4 cm³/mol. The molecule has 5 nitrogen and oxygen atoms in total. The lowest BCUT2D eigenvalue weighted by Gasteiger charge is -2.36. The molecular formula is C15H26N4O. The van der Waals surface area contributed by atoms with Crippen LogP contribution in [0.3, 0.4) is 0 Å². The molecule has 1 amide bonds. The summed E-state index contributed by atoms with van der Waals surface area (Å²) in [7, 11) is 0. The second-order valence-corrected chi connectivity index (χ2v) is 6.42. The van der Waals surface area contributed by atoms with E-state index in [1.807, 2.05) is 10.9 Å². The van der Waals surface area contributed by atoms with Gasteiger partial charge in [0.2, 0.25) is 5.91 Å². The lowest BCUT2D eigenvalue weighted by atomic mass is 9.70. The number of aromatic nitrogens is 2. The molecule has 1 aromatic rings. The molecule has 1 fully saturated rings. The maximum atomic E-state index is 12.6. The summed E-state index contributed by atoms with van der Waals surface area (Å²) in [6, 6.07) is 0.291. The van der Waals surface area contributed by atoms with Crippen LogP contribution >= 0.6 is 0 Å². The molecule has 1 aliphatic carbocycles. The summed E-state index contributed by atoms with van der Waals surface area (Å²) in [6.45, 7) is 6.78. The van der Waals surface area contributed by atoms with E-state index in [1.54, 1.807) is 6.20 Å². The maximum Gasteiger partial charge on any atom is 0.231 e. The molecule has 0 spiro atoms. The molecule has 1 aliphatic rings. The predicted octanol–water partition coefficient (Wildman–Crippen LogP) is 2.56. The highest BCUT2D eigenvalue weighted by atomic mass is 16.2. The highest BCUT2D eigenvalue weighted by molar-refractivity contribution is 5.95. The maximum absolute atomic E-state index is 12.6. The molecule has 3 N–H and O–H groups in total. The van der Waals surface area contributed by atoms with Crippen molar-refractivity contribution in [2.75, 3.05) is 11.9 Å². The Morgan fingerprint density at radius 1 is 1.55 bits per heavy atom. The van der Waals surface area contributed by atoms with Gasteiger partial charge in [0.1, 0.15) is 0 Å². The third-order valence-corrected chi connectivity index (χ3v) is 4.49. The Bertz CT molecular complexity index is 458. The molecule has 1 aromatic heterocycles. The zero-order valence-corrected chi connectivity index (χ0v) is 12.7. The first-order valence-electron chi connectivity index (χ1n) is 7.52. The highest BCUT2D eigenvalue weighted by Gasteiger charge is 2.39. The number of hydrogen-bond acceptors (Lipinski definition) is 3. The average molecular weight is 278 g/mol. The number of carbonyl (C=O) groups is 1. The van der Waals surface area contributed by atoms with Gasteiger partial charge >= 0.3 is 0 Å². The summed E-state index contributed by atoms with van der Waals surface area (Å²) in [4.78, 5) is 12.6. The number of nitrogens with zero attached hydrogens (tertiary/aromatic N) is 2. The van der Waals surface area contributed by atoms with Crippen molar-refractivity contribution in [1.29, 1.82) is 0 Å². The van der Waals surface area contributed by atoms with Gasteiger partial charge in [-0.1, -0.05) is 6.92 Å². The second-order valence-electron chi connectivity index (χ2n) is 6.42. The van der Waals surface area contributed by atoms with E-state index >= 15 is 0 Å². The van der Waals surface area contributed by atoms with E-state index in [9.17, 15) is 4.79 Å². The Balaban J connectivity index is 2.05. The monoisotopic (exact) mass is 278 g/mol. The number of anilines is 1. The Morgan fingerprint density at radius 2 is 2.20 bits per heavy atom. The van der Waals surface area contributed by atoms with Crippen molar-refractivity contribution in [3.63, 3.8) is 0 Å². The Labute approximate surface area is 120 Å². The molecule has 0 saturated heterocycles. The lowest BCUT2D eigenvalue weighted by molar-refractivity contribution is -0.127. The van der Waals surface area contributed by atoms with Crippen molar-refractivity contribution < 1.29 is 4.79 Å². The largest absolute Gasteiger partial charge is 0.329 e. The third kappa shape index (κ3) is 3.03. The number of nitrogens with one attached hydrogen (secondary N) is 1. The summed E-state index contributed by atoms with van der Waals surface area (Å²) in [5, 5.41) is 7.24. The molecule has 1 saturated carbocycles. The van der Waals surface area contributed by atoms with Gasteiger partial charge in [0, 0.05) is 18.8 Å². The van der Waals surface area contributed by atoms with Gasteiger partial charge in [0.25, 0.3) is 0 Å². The molecule has 0 aromatic carbocycles. The van der Waals surface area contributed by atoms with Crippen LogP contribution in [0.1, 0.15) is 52.5 Å². The molecule has 2 rings (SSSR count). The summed E-state index contributed by atoms with van der Waals surface area (Å²) in [5.74, 6) is 0.751. The van der Waals surface area contributed by atoms with Gasteiger partial charge in [-0.2, -0.15) is 5.10 Å². The first-order valence-corrected chi connectivity index (χ1v) is 7.52. The zero-order valence-electron chi connectivity index (χ0n) is 12.7. The quantitative estimate of drug-likeness (QED) is 0.889. The minimum Gasteiger partial charge on any atom is -0.329 e. The van der Waals surface area contributed by atoms with Crippen LogP contribution in [0, 0.1) is 11.3 Å². The van der Waals surface area contributed by atoms with Gasteiger partial charge in [-0.05, 0) is 45.4 Å². The molecular weight excluding hydrogens is 252 g/mol. The third-order valence-electron chi connectivity index (χ3n) is 4.49. The van der Waals surface area contributed by atoms with Crippen molar-refractivity contribution in [1.82, 2.24) is 9.78 Å². The van der Waals surface area contributed by atoms with E-state index in [4.69, 9.17) is 5.73 Å². The van der Waals surface area contributed by atoms with Crippen LogP contribution in [-0.2, 0) is 4.79 Å². The summed E-state index contributed by atoms with van der Waals surface area (Å²) < 4.78 is 1.84. The first-order chi connectivity index (χ1) is 9.47. The van der Waals surface area contributed by atoms with Crippen LogP contribution < -0.4 is 11.1 Å². The normalized spacial score (nSPS) is 26.8. The number of nitrogens with two attached hydrogens (primary N) is 1. The Morgan fingerprint density at radius 3 is 2.70 bits per heavy atom. The number of amides is 1. The van der Waals surface area contributed by atoms with Gasteiger partial charge in [-0.3, -0.25) is 9.48 Å². The topological polar surface area (TPSA) is 72.9 Å². The van der Waals surface area contributed by atoms with Gasteiger partial charge in [-0.15, -0.1) is 0 Å². The molecule has 0 atom stereocenters. The summed E-state index contributed by atoms with van der Waals surface area (Å²) >= 11 is 0. The fourth-order valence-electron chi connectivity index (χ4n) is 2.79. The molecule has 0 unspecified atom stereocenters. The standard InChI is InChI=1S/C15H26N4O/c1-11(2)19-9-13(8-17-19)18-14(20)15(10-16)6-4-12(3)5-7-15/h8-9,11-12H,4-7,10,16H2,1-3H3,(H,18,20). The van der Waals surface area contributed by atoms with Crippen LogP contribution in [0.25, 0.3) is 0 Å². The fourth-order valence-corrected chi connectivity index (χ4v) is 2.79. The highest BCUT2D eigenvalue weighted by Crippen LogP contribution is 2.39. The van der Waals surface area contributed by atoms with Crippen LogP contribution in [-0.4, -0.2) is 22.2 Å². The van der Waals surface area contributed by atoms with Crippen molar-refractivity contribution in [3.8, 4) is 0 Å². The smallest absolute Gasteiger partial charge is 0.231 e. The van der Waals surface area contributed by atoms with Gasteiger partial charge < -0.3 is 11.1 Å². The summed E-state index contributed by atoms with van der Waals surface area (Å²) in [5.41, 5.74) is 6.27. The van der Waals surface area contributed by atoms with E-state index in [2.05, 4.69) is 31.2 Å². The van der Waals surface area contributed by atoms with Crippen LogP contribution in [0.2, 0.25) is 0 Å². The number of carbonyl (C=O) groups excluding carboxylic acids is 1. The van der Waals surface area contributed by atoms with Crippen molar-refractivity contribution in [3.05, 3.63) is 12.4 Å². The molecule has 0 aliphatic heterocycles. The van der Waals surface area contributed by atoms with Crippen LogP contribution in [0.4, 0.5) is 5.69 Å². The number of rotatable bonds is 4. The van der Waals surface area contributed by atoms with E-state index < -0.39 is 5.41 Å². The number of hydrogen-bond donors (Lipinski definition) is 2. The fraction of sp³-hybridized carbons (Fsp3) is 0.733. The van der Waals surface area contributed by atoms with Crippen LogP contribution in [0.5, 0.6) is 0 Å². The molecule has 0 radical (unpaired) electrons. The van der Waals surface area contributed by atoms with E-state index in [0.29, 0.717) is 18.5 Å². The minimum atomic E-state index is -0.396. The Hall–Kier alpha value is -1.36. The molecule has 0 bridgehead atoms.